The van der Waals surface area contributed by atoms with Crippen molar-refractivity contribution in [2.24, 2.45) is 0 Å². The molecule has 7 heteroatoms. The zero-order valence-electron chi connectivity index (χ0n) is 15.9. The number of morpholine rings is 1. The highest BCUT2D eigenvalue weighted by Gasteiger charge is 2.13. The number of carbonyl (C=O) groups is 2. The Labute approximate surface area is 164 Å². The SMILES string of the molecule is COc1cccc(NC(=O)c2cccc(C(=O)NCCN3CCOCC3)c2)c1. The van der Waals surface area contributed by atoms with Crippen molar-refractivity contribution in [3.05, 3.63) is 59.7 Å². The molecule has 2 aromatic carbocycles. The summed E-state index contributed by atoms with van der Waals surface area (Å²) in [7, 11) is 1.57. The molecule has 1 aliphatic heterocycles. The van der Waals surface area contributed by atoms with Crippen LogP contribution in [0, 0.1) is 0 Å². The average molecular weight is 383 g/mol. The number of hydrogen-bond donors (Lipinski definition) is 2. The summed E-state index contributed by atoms with van der Waals surface area (Å²) in [4.78, 5) is 27.2. The molecule has 0 spiro atoms. The molecule has 0 saturated carbocycles. The fourth-order valence-corrected chi connectivity index (χ4v) is 2.96. The molecule has 148 valence electrons. The van der Waals surface area contributed by atoms with Gasteiger partial charge in [0.2, 0.25) is 0 Å². The lowest BCUT2D eigenvalue weighted by Crippen LogP contribution is -2.41. The maximum Gasteiger partial charge on any atom is 0.255 e. The van der Waals surface area contributed by atoms with E-state index in [2.05, 4.69) is 15.5 Å². The van der Waals surface area contributed by atoms with Gasteiger partial charge in [-0.15, -0.1) is 0 Å². The molecule has 0 atom stereocenters. The number of anilines is 1. The van der Waals surface area contributed by atoms with Gasteiger partial charge in [-0.05, 0) is 30.3 Å². The van der Waals surface area contributed by atoms with E-state index in [-0.39, 0.29) is 11.8 Å². The molecule has 28 heavy (non-hydrogen) atoms. The molecule has 0 aromatic heterocycles. The first-order valence-corrected chi connectivity index (χ1v) is 9.29. The molecule has 1 fully saturated rings. The van der Waals surface area contributed by atoms with Crippen molar-refractivity contribution in [3.8, 4) is 5.75 Å². The lowest BCUT2D eigenvalue weighted by Gasteiger charge is -2.26. The van der Waals surface area contributed by atoms with Gasteiger partial charge in [-0.2, -0.15) is 0 Å². The second-order valence-corrected chi connectivity index (χ2v) is 6.48. The van der Waals surface area contributed by atoms with E-state index in [4.69, 9.17) is 9.47 Å². The van der Waals surface area contributed by atoms with Crippen LogP contribution in [0.3, 0.4) is 0 Å². The Hall–Kier alpha value is -2.90. The summed E-state index contributed by atoms with van der Waals surface area (Å²) in [5, 5.41) is 5.72. The predicted octanol–water partition coefficient (Wildman–Crippen LogP) is 2.01. The molecule has 0 radical (unpaired) electrons. The highest BCUT2D eigenvalue weighted by atomic mass is 16.5. The summed E-state index contributed by atoms with van der Waals surface area (Å²) >= 11 is 0. The Morgan fingerprint density at radius 1 is 1.04 bits per heavy atom. The lowest BCUT2D eigenvalue weighted by molar-refractivity contribution is 0.0383. The van der Waals surface area contributed by atoms with E-state index in [0.29, 0.717) is 29.1 Å². The molecule has 0 bridgehead atoms. The largest absolute Gasteiger partial charge is 0.497 e. The lowest BCUT2D eigenvalue weighted by atomic mass is 10.1. The van der Waals surface area contributed by atoms with Crippen LogP contribution in [0.5, 0.6) is 5.75 Å². The van der Waals surface area contributed by atoms with Gasteiger partial charge in [0, 0.05) is 49.1 Å². The third-order valence-corrected chi connectivity index (χ3v) is 4.53. The summed E-state index contributed by atoms with van der Waals surface area (Å²) in [6.07, 6.45) is 0. The van der Waals surface area contributed by atoms with Gasteiger partial charge in [0.25, 0.3) is 11.8 Å². The van der Waals surface area contributed by atoms with Crippen molar-refractivity contribution >= 4 is 17.5 Å². The highest BCUT2D eigenvalue weighted by Crippen LogP contribution is 2.17. The predicted molar refractivity (Wildman–Crippen MR) is 107 cm³/mol. The van der Waals surface area contributed by atoms with Crippen LogP contribution in [-0.2, 0) is 4.74 Å². The topological polar surface area (TPSA) is 79.9 Å². The van der Waals surface area contributed by atoms with E-state index in [0.717, 1.165) is 32.8 Å². The number of rotatable bonds is 7. The number of nitrogens with one attached hydrogen (secondary N) is 2. The number of ether oxygens (including phenoxy) is 2. The molecule has 0 aliphatic carbocycles. The van der Waals surface area contributed by atoms with Crippen molar-refractivity contribution < 1.29 is 19.1 Å². The van der Waals surface area contributed by atoms with Gasteiger partial charge in [-0.3, -0.25) is 14.5 Å². The molecule has 1 saturated heterocycles. The van der Waals surface area contributed by atoms with Gasteiger partial charge in [0.05, 0.1) is 20.3 Å². The van der Waals surface area contributed by atoms with Crippen molar-refractivity contribution in [2.45, 2.75) is 0 Å². The van der Waals surface area contributed by atoms with Gasteiger partial charge in [0.15, 0.2) is 0 Å². The van der Waals surface area contributed by atoms with Crippen molar-refractivity contribution in [1.29, 1.82) is 0 Å². The highest BCUT2D eigenvalue weighted by molar-refractivity contribution is 6.06. The molecule has 2 N–H and O–H groups in total. The van der Waals surface area contributed by atoms with E-state index in [1.54, 1.807) is 55.6 Å². The van der Waals surface area contributed by atoms with Gasteiger partial charge in [0.1, 0.15) is 5.75 Å². The first-order valence-electron chi connectivity index (χ1n) is 9.29. The molecule has 0 unspecified atom stereocenters. The second-order valence-electron chi connectivity index (χ2n) is 6.48. The quantitative estimate of drug-likeness (QED) is 0.765. The number of benzene rings is 2. The molecular formula is C21H25N3O4. The zero-order chi connectivity index (χ0) is 19.8. The number of carbonyl (C=O) groups excluding carboxylic acids is 2. The Bertz CT molecular complexity index is 819. The molecule has 1 aliphatic rings. The number of methoxy groups -OCH3 is 1. The van der Waals surface area contributed by atoms with E-state index < -0.39 is 0 Å². The first kappa shape index (κ1) is 19.9. The summed E-state index contributed by atoms with van der Waals surface area (Å²) in [5.41, 5.74) is 1.51. The van der Waals surface area contributed by atoms with Crippen molar-refractivity contribution in [3.63, 3.8) is 0 Å². The second kappa shape index (κ2) is 9.87. The van der Waals surface area contributed by atoms with E-state index >= 15 is 0 Å². The maximum absolute atomic E-state index is 12.5. The van der Waals surface area contributed by atoms with Crippen LogP contribution in [0.25, 0.3) is 0 Å². The number of hydrogen-bond acceptors (Lipinski definition) is 5. The third-order valence-electron chi connectivity index (χ3n) is 4.53. The third kappa shape index (κ3) is 5.55. The van der Waals surface area contributed by atoms with E-state index in [1.165, 1.54) is 0 Å². The van der Waals surface area contributed by atoms with Crippen LogP contribution in [0.15, 0.2) is 48.5 Å². The minimum absolute atomic E-state index is 0.190. The smallest absolute Gasteiger partial charge is 0.255 e. The van der Waals surface area contributed by atoms with Crippen LogP contribution in [0.1, 0.15) is 20.7 Å². The van der Waals surface area contributed by atoms with Gasteiger partial charge in [-0.25, -0.2) is 0 Å². The monoisotopic (exact) mass is 383 g/mol. The average Bonchev–Trinajstić information content (AvgIpc) is 2.74. The Balaban J connectivity index is 1.56. The number of nitrogens with zero attached hydrogens (tertiary/aromatic N) is 1. The minimum Gasteiger partial charge on any atom is -0.497 e. The van der Waals surface area contributed by atoms with Gasteiger partial charge in [-0.1, -0.05) is 12.1 Å². The van der Waals surface area contributed by atoms with Crippen molar-refractivity contribution in [2.75, 3.05) is 51.8 Å². The van der Waals surface area contributed by atoms with Crippen LogP contribution < -0.4 is 15.4 Å². The van der Waals surface area contributed by atoms with E-state index in [1.807, 2.05) is 0 Å². The van der Waals surface area contributed by atoms with Crippen molar-refractivity contribution in [1.82, 2.24) is 10.2 Å². The van der Waals surface area contributed by atoms with E-state index in [9.17, 15) is 9.59 Å². The zero-order valence-corrected chi connectivity index (χ0v) is 15.9. The first-order chi connectivity index (χ1) is 13.7. The Morgan fingerprint density at radius 2 is 1.75 bits per heavy atom. The molecular weight excluding hydrogens is 358 g/mol. The summed E-state index contributed by atoms with van der Waals surface area (Å²) in [5.74, 6) is 0.187. The van der Waals surface area contributed by atoms with Crippen LogP contribution in [0.2, 0.25) is 0 Å². The van der Waals surface area contributed by atoms with Gasteiger partial charge >= 0.3 is 0 Å². The molecule has 3 rings (SSSR count). The summed E-state index contributed by atoms with van der Waals surface area (Å²) in [6, 6.07) is 13.8. The minimum atomic E-state index is -0.281. The normalized spacial score (nSPS) is 14.3. The van der Waals surface area contributed by atoms with Crippen LogP contribution >= 0.6 is 0 Å². The molecule has 7 nitrogen and oxygen atoms in total. The summed E-state index contributed by atoms with van der Waals surface area (Å²) < 4.78 is 10.5. The van der Waals surface area contributed by atoms with Crippen LogP contribution in [0.4, 0.5) is 5.69 Å². The number of amides is 2. The Morgan fingerprint density at radius 3 is 2.50 bits per heavy atom. The molecule has 2 aromatic rings. The maximum atomic E-state index is 12.5. The summed E-state index contributed by atoms with van der Waals surface area (Å²) in [6.45, 7) is 4.58. The Kier molecular flexibility index (Phi) is 7.00. The molecule has 2 amide bonds. The fraction of sp³-hybridized carbons (Fsp3) is 0.333. The van der Waals surface area contributed by atoms with Crippen LogP contribution in [-0.4, -0.2) is 63.2 Å². The standard InChI is InChI=1S/C21H25N3O4/c1-27-19-7-3-6-18(15-19)23-21(26)17-5-2-4-16(14-17)20(25)22-8-9-24-10-12-28-13-11-24/h2-7,14-15H,8-13H2,1H3,(H,22,25)(H,23,26). The molecule has 1 heterocycles. The van der Waals surface area contributed by atoms with Gasteiger partial charge < -0.3 is 20.1 Å². The fourth-order valence-electron chi connectivity index (χ4n) is 2.96.